The fourth-order valence-electron chi connectivity index (χ4n) is 6.93. The molecule has 5 atom stereocenters. The van der Waals surface area contributed by atoms with Crippen molar-refractivity contribution >= 4 is 12.8 Å². The van der Waals surface area contributed by atoms with Crippen LogP contribution in [0.25, 0.3) is 0 Å². The zero-order valence-electron chi connectivity index (χ0n) is 19.7. The highest BCUT2D eigenvalue weighted by atomic mass is 16.5. The molecular weight excluding hydrogens is 383 g/mol. The average Bonchev–Trinajstić information content (AvgIpc) is 3.11. The first-order valence-corrected chi connectivity index (χ1v) is 12.5. The van der Waals surface area contributed by atoms with Crippen LogP contribution in [0.3, 0.4) is 0 Å². The van der Waals surface area contributed by atoms with Crippen LogP contribution < -0.4 is 11.1 Å². The zero-order valence-corrected chi connectivity index (χ0v) is 19.7. The van der Waals surface area contributed by atoms with E-state index >= 15 is 0 Å². The number of unbranched alkanes of at least 4 members (excludes halogenated alkanes) is 2. The standard InChI is InChI=1S/C26H41BN2O2/c1-25(2)20-15-22(25)26(3)18-27(31-23(26)16-20)21(14-19-10-6-4-7-11-19)17-29-24(30)12-8-5-9-13-28/h4,6-7,10-11,20-23H,5,8-9,12-18,28H2,1-3H3,(H,29,30)/t20?,21?,22?,23?,26-/m1/s1. The van der Waals surface area contributed by atoms with Gasteiger partial charge >= 0.3 is 0 Å². The fraction of sp³-hybridized carbons (Fsp3) is 0.731. The molecule has 0 aromatic heterocycles. The molecule has 5 heteroatoms. The van der Waals surface area contributed by atoms with Crippen molar-refractivity contribution in [2.24, 2.45) is 28.4 Å². The van der Waals surface area contributed by atoms with Crippen molar-refractivity contribution in [1.82, 2.24) is 5.32 Å². The number of benzene rings is 1. The second kappa shape index (κ2) is 9.27. The van der Waals surface area contributed by atoms with Crippen LogP contribution in [-0.4, -0.2) is 32.0 Å². The van der Waals surface area contributed by atoms with Crippen LogP contribution in [0.4, 0.5) is 0 Å². The minimum Gasteiger partial charge on any atom is -0.432 e. The highest BCUT2D eigenvalue weighted by Crippen LogP contribution is 2.70. The summed E-state index contributed by atoms with van der Waals surface area (Å²) in [7, 11) is 0. The Hall–Kier alpha value is -1.33. The molecule has 1 aliphatic heterocycles. The van der Waals surface area contributed by atoms with Gasteiger partial charge in [-0.25, -0.2) is 0 Å². The minimum absolute atomic E-state index is 0.167. The van der Waals surface area contributed by atoms with Crippen LogP contribution in [0.15, 0.2) is 30.3 Å². The lowest BCUT2D eigenvalue weighted by Gasteiger charge is -2.65. The van der Waals surface area contributed by atoms with Crippen LogP contribution in [0.5, 0.6) is 0 Å². The van der Waals surface area contributed by atoms with Gasteiger partial charge in [0.2, 0.25) is 5.91 Å². The molecule has 1 aromatic carbocycles. The predicted molar refractivity (Wildman–Crippen MR) is 128 cm³/mol. The van der Waals surface area contributed by atoms with Crippen LogP contribution in [-0.2, 0) is 15.9 Å². The third-order valence-corrected chi connectivity index (χ3v) is 9.02. The Morgan fingerprint density at radius 2 is 1.97 bits per heavy atom. The van der Waals surface area contributed by atoms with E-state index in [9.17, 15) is 4.79 Å². The number of nitrogens with two attached hydrogens (primary N) is 1. The highest BCUT2D eigenvalue weighted by Gasteiger charge is 2.66. The number of amides is 1. The maximum atomic E-state index is 12.5. The molecule has 3 aliphatic carbocycles. The van der Waals surface area contributed by atoms with E-state index in [2.05, 4.69) is 56.4 Å². The molecule has 3 N–H and O–H groups in total. The molecule has 1 aromatic rings. The van der Waals surface area contributed by atoms with E-state index in [-0.39, 0.29) is 18.2 Å². The lowest BCUT2D eigenvalue weighted by Crippen LogP contribution is -2.60. The number of carbonyl (C=O) groups excluding carboxylic acids is 1. The largest absolute Gasteiger partial charge is 0.432 e. The molecule has 31 heavy (non-hydrogen) atoms. The summed E-state index contributed by atoms with van der Waals surface area (Å²) in [6.45, 7) is 9.05. The summed E-state index contributed by atoms with van der Waals surface area (Å²) < 4.78 is 6.78. The van der Waals surface area contributed by atoms with Crippen molar-refractivity contribution in [3.8, 4) is 0 Å². The van der Waals surface area contributed by atoms with E-state index in [1.54, 1.807) is 0 Å². The molecule has 170 valence electrons. The molecule has 1 heterocycles. The van der Waals surface area contributed by atoms with E-state index in [1.165, 1.54) is 18.4 Å². The second-order valence-corrected chi connectivity index (χ2v) is 11.3. The van der Waals surface area contributed by atoms with E-state index in [0.717, 1.165) is 43.8 Å². The average molecular weight is 424 g/mol. The van der Waals surface area contributed by atoms with Gasteiger partial charge in [0.1, 0.15) is 0 Å². The highest BCUT2D eigenvalue weighted by molar-refractivity contribution is 6.55. The maximum Gasteiger partial charge on any atom is 0.299 e. The van der Waals surface area contributed by atoms with E-state index in [0.29, 0.717) is 36.8 Å². The Morgan fingerprint density at radius 3 is 2.68 bits per heavy atom. The van der Waals surface area contributed by atoms with Gasteiger partial charge in [-0.2, -0.15) is 0 Å². The summed E-state index contributed by atoms with van der Waals surface area (Å²) in [6, 6.07) is 10.7. The first kappa shape index (κ1) is 22.9. The lowest BCUT2D eigenvalue weighted by atomic mass is 9.37. The van der Waals surface area contributed by atoms with Crippen LogP contribution in [0.2, 0.25) is 12.1 Å². The first-order chi connectivity index (χ1) is 14.8. The van der Waals surface area contributed by atoms with Gasteiger partial charge in [-0.1, -0.05) is 57.5 Å². The number of carbonyl (C=O) groups is 1. The zero-order chi connectivity index (χ0) is 22.1. The van der Waals surface area contributed by atoms with Crippen molar-refractivity contribution in [3.05, 3.63) is 35.9 Å². The van der Waals surface area contributed by atoms with Crippen molar-refractivity contribution in [3.63, 3.8) is 0 Å². The molecular formula is C26H41BN2O2. The molecule has 4 fully saturated rings. The quantitative estimate of drug-likeness (QED) is 0.423. The third kappa shape index (κ3) is 4.59. The van der Waals surface area contributed by atoms with Gasteiger partial charge in [0.05, 0.1) is 0 Å². The van der Waals surface area contributed by atoms with E-state index < -0.39 is 0 Å². The van der Waals surface area contributed by atoms with Crippen molar-refractivity contribution < 1.29 is 9.45 Å². The van der Waals surface area contributed by atoms with Crippen LogP contribution >= 0.6 is 0 Å². The Morgan fingerprint density at radius 1 is 1.19 bits per heavy atom. The molecule has 0 spiro atoms. The fourth-order valence-corrected chi connectivity index (χ4v) is 6.93. The predicted octanol–water partition coefficient (Wildman–Crippen LogP) is 4.70. The normalized spacial score (nSPS) is 31.6. The van der Waals surface area contributed by atoms with Gasteiger partial charge in [-0.15, -0.1) is 0 Å². The summed E-state index contributed by atoms with van der Waals surface area (Å²) >= 11 is 0. The number of nitrogens with one attached hydrogen (secondary N) is 1. The molecule has 4 nitrogen and oxygen atoms in total. The van der Waals surface area contributed by atoms with Crippen molar-refractivity contribution in [2.75, 3.05) is 13.1 Å². The molecule has 0 radical (unpaired) electrons. The van der Waals surface area contributed by atoms with Gasteiger partial charge < -0.3 is 15.7 Å². The summed E-state index contributed by atoms with van der Waals surface area (Å²) in [4.78, 5) is 12.5. The topological polar surface area (TPSA) is 64.3 Å². The molecule has 1 saturated heterocycles. The monoisotopic (exact) mass is 424 g/mol. The second-order valence-electron chi connectivity index (χ2n) is 11.3. The Labute approximate surface area is 189 Å². The first-order valence-electron chi connectivity index (χ1n) is 12.5. The lowest BCUT2D eigenvalue weighted by molar-refractivity contribution is -0.180. The summed E-state index contributed by atoms with van der Waals surface area (Å²) in [5.41, 5.74) is 7.63. The molecule has 2 bridgehead atoms. The molecule has 4 aliphatic rings. The SMILES string of the molecule is CC1(C)C2CC3OB(C(CNC(=O)CCCCCN)Cc4ccccc4)C[C@]3(C)C1C2. The van der Waals surface area contributed by atoms with Gasteiger partial charge in [0.25, 0.3) is 6.92 Å². The maximum absolute atomic E-state index is 12.5. The number of hydrogen-bond acceptors (Lipinski definition) is 3. The molecule has 5 rings (SSSR count). The third-order valence-electron chi connectivity index (χ3n) is 9.02. The molecule has 1 amide bonds. The molecule has 3 saturated carbocycles. The van der Waals surface area contributed by atoms with Crippen molar-refractivity contribution in [1.29, 1.82) is 0 Å². The Balaban J connectivity index is 1.41. The van der Waals surface area contributed by atoms with Crippen LogP contribution in [0.1, 0.15) is 64.9 Å². The Kier molecular flexibility index (Phi) is 6.83. The Bertz CT molecular complexity index is 755. The van der Waals surface area contributed by atoms with Gasteiger partial charge in [-0.05, 0) is 79.0 Å². The smallest absolute Gasteiger partial charge is 0.299 e. The summed E-state index contributed by atoms with van der Waals surface area (Å²) in [5.74, 6) is 2.07. The number of hydrogen-bond donors (Lipinski definition) is 2. The minimum atomic E-state index is 0.167. The van der Waals surface area contributed by atoms with E-state index in [1.807, 2.05) is 0 Å². The van der Waals surface area contributed by atoms with Gasteiger partial charge in [0, 0.05) is 19.1 Å². The summed E-state index contributed by atoms with van der Waals surface area (Å²) in [6.07, 6.45) is 8.61. The van der Waals surface area contributed by atoms with Gasteiger partial charge in [-0.3, -0.25) is 4.79 Å². The van der Waals surface area contributed by atoms with Crippen molar-refractivity contribution in [2.45, 2.75) is 84.0 Å². The number of rotatable bonds is 10. The van der Waals surface area contributed by atoms with Crippen LogP contribution in [0, 0.1) is 22.7 Å². The summed E-state index contributed by atoms with van der Waals surface area (Å²) in [5, 5.41) is 3.24. The van der Waals surface area contributed by atoms with E-state index in [4.69, 9.17) is 10.4 Å². The van der Waals surface area contributed by atoms with Gasteiger partial charge in [0.15, 0.2) is 0 Å². The molecule has 4 unspecified atom stereocenters.